The zero-order valence-electron chi connectivity index (χ0n) is 11.2. The first kappa shape index (κ1) is 12.3. The van der Waals surface area contributed by atoms with E-state index in [0.717, 1.165) is 11.5 Å². The molecule has 2 aromatic heterocycles. The van der Waals surface area contributed by atoms with Crippen LogP contribution in [0.25, 0.3) is 5.69 Å². The molecule has 0 aliphatic rings. The average Bonchev–Trinajstić information content (AvgIpc) is 3.09. The van der Waals surface area contributed by atoms with Crippen LogP contribution in [0, 0.1) is 0 Å². The summed E-state index contributed by atoms with van der Waals surface area (Å²) in [6.07, 6.45) is 1.67. The number of anilines is 1. The third-order valence-electron chi connectivity index (χ3n) is 2.98. The molecule has 3 aromatic rings. The normalized spacial score (nSPS) is 10.7. The van der Waals surface area contributed by atoms with Crippen LogP contribution >= 0.6 is 0 Å². The zero-order chi connectivity index (χ0) is 13.9. The number of nitrogens with zero attached hydrogens (tertiary/aromatic N) is 8. The van der Waals surface area contributed by atoms with Crippen LogP contribution in [0.3, 0.4) is 0 Å². The summed E-state index contributed by atoms with van der Waals surface area (Å²) < 4.78 is 3.56. The first-order chi connectivity index (χ1) is 9.75. The summed E-state index contributed by atoms with van der Waals surface area (Å²) in [5.74, 6) is 1.49. The van der Waals surface area contributed by atoms with Gasteiger partial charge in [-0.1, -0.05) is 23.3 Å². The highest BCUT2D eigenvalue weighted by Crippen LogP contribution is 2.15. The lowest BCUT2D eigenvalue weighted by molar-refractivity contribution is 0.727. The molecule has 0 bridgehead atoms. The summed E-state index contributed by atoms with van der Waals surface area (Å²) in [5.41, 5.74) is 0.914. The van der Waals surface area contributed by atoms with Crippen molar-refractivity contribution in [3.05, 3.63) is 42.5 Å². The molecule has 0 spiro atoms. The minimum absolute atomic E-state index is 0.573. The van der Waals surface area contributed by atoms with E-state index < -0.39 is 0 Å². The van der Waals surface area contributed by atoms with Crippen LogP contribution < -0.4 is 4.90 Å². The molecular formula is C12H14N8. The number of aromatic nitrogens is 7. The highest BCUT2D eigenvalue weighted by Gasteiger charge is 2.14. The maximum absolute atomic E-state index is 4.07. The van der Waals surface area contributed by atoms with Gasteiger partial charge < -0.3 is 9.47 Å². The van der Waals surface area contributed by atoms with Crippen LogP contribution in [0.5, 0.6) is 0 Å². The van der Waals surface area contributed by atoms with Gasteiger partial charge in [0.2, 0.25) is 0 Å². The lowest BCUT2D eigenvalue weighted by Crippen LogP contribution is -2.22. The molecule has 8 nitrogen and oxygen atoms in total. The minimum atomic E-state index is 0.573. The van der Waals surface area contributed by atoms with E-state index in [1.807, 2.05) is 53.9 Å². The first-order valence-corrected chi connectivity index (χ1v) is 6.13. The van der Waals surface area contributed by atoms with Gasteiger partial charge in [0.1, 0.15) is 6.33 Å². The van der Waals surface area contributed by atoms with Gasteiger partial charge in [-0.2, -0.15) is 4.68 Å². The number of rotatable bonds is 4. The molecule has 102 valence electrons. The first-order valence-electron chi connectivity index (χ1n) is 6.13. The van der Waals surface area contributed by atoms with Crippen molar-refractivity contribution in [2.75, 3.05) is 11.9 Å². The standard InChI is InChI=1S/C12H14N8/c1-18(8-11-14-13-9-19(11)2)12-15-16-17-20(12)10-6-4-3-5-7-10/h3-7,9H,8H2,1-2H3. The fraction of sp³-hybridized carbons (Fsp3) is 0.250. The topological polar surface area (TPSA) is 77.6 Å². The van der Waals surface area contributed by atoms with Gasteiger partial charge in [-0.25, -0.2) is 0 Å². The van der Waals surface area contributed by atoms with Crippen molar-refractivity contribution >= 4 is 5.95 Å². The molecule has 0 atom stereocenters. The van der Waals surface area contributed by atoms with Crippen LogP contribution in [0.2, 0.25) is 0 Å². The lowest BCUT2D eigenvalue weighted by Gasteiger charge is -2.16. The molecular weight excluding hydrogens is 256 g/mol. The van der Waals surface area contributed by atoms with Crippen molar-refractivity contribution in [3.8, 4) is 5.69 Å². The second-order valence-electron chi connectivity index (χ2n) is 4.44. The van der Waals surface area contributed by atoms with Gasteiger partial charge in [0.25, 0.3) is 5.95 Å². The van der Waals surface area contributed by atoms with Crippen molar-refractivity contribution in [1.82, 2.24) is 35.0 Å². The number of para-hydroxylation sites is 1. The van der Waals surface area contributed by atoms with E-state index in [2.05, 4.69) is 25.7 Å². The van der Waals surface area contributed by atoms with E-state index in [9.17, 15) is 0 Å². The predicted molar refractivity (Wildman–Crippen MR) is 72.3 cm³/mol. The molecule has 3 rings (SSSR count). The van der Waals surface area contributed by atoms with Gasteiger partial charge in [0.15, 0.2) is 5.82 Å². The second kappa shape index (κ2) is 5.08. The quantitative estimate of drug-likeness (QED) is 0.684. The summed E-state index contributed by atoms with van der Waals surface area (Å²) in [4.78, 5) is 1.93. The average molecular weight is 270 g/mol. The Balaban J connectivity index is 1.88. The van der Waals surface area contributed by atoms with Crippen molar-refractivity contribution in [3.63, 3.8) is 0 Å². The fourth-order valence-corrected chi connectivity index (χ4v) is 1.89. The highest BCUT2D eigenvalue weighted by atomic mass is 15.6. The molecule has 2 heterocycles. The molecule has 0 N–H and O–H groups in total. The molecule has 0 saturated carbocycles. The van der Waals surface area contributed by atoms with E-state index in [0.29, 0.717) is 12.5 Å². The molecule has 0 aliphatic heterocycles. The minimum Gasteiger partial charge on any atom is -0.335 e. The molecule has 0 amide bonds. The largest absolute Gasteiger partial charge is 0.335 e. The van der Waals surface area contributed by atoms with Gasteiger partial charge in [-0.3, -0.25) is 0 Å². The van der Waals surface area contributed by atoms with Gasteiger partial charge in [0.05, 0.1) is 12.2 Å². The SMILES string of the molecule is CN(Cc1nncn1C)c1nnnn1-c1ccccc1. The predicted octanol–water partition coefficient (Wildman–Crippen LogP) is 0.427. The maximum atomic E-state index is 4.07. The van der Waals surface area contributed by atoms with Crippen LogP contribution in [0.15, 0.2) is 36.7 Å². The molecule has 1 aromatic carbocycles. The van der Waals surface area contributed by atoms with Crippen LogP contribution in [-0.2, 0) is 13.6 Å². The summed E-state index contributed by atoms with van der Waals surface area (Å²) in [6.45, 7) is 0.573. The maximum Gasteiger partial charge on any atom is 0.250 e. The van der Waals surface area contributed by atoms with Gasteiger partial charge >= 0.3 is 0 Å². The molecule has 8 heteroatoms. The Morgan fingerprint density at radius 1 is 1.15 bits per heavy atom. The number of hydrogen-bond donors (Lipinski definition) is 0. The third-order valence-corrected chi connectivity index (χ3v) is 2.98. The Morgan fingerprint density at radius 2 is 1.95 bits per heavy atom. The number of aryl methyl sites for hydroxylation is 1. The summed E-state index contributed by atoms with van der Waals surface area (Å²) in [7, 11) is 3.82. The Labute approximate surface area is 115 Å². The summed E-state index contributed by atoms with van der Waals surface area (Å²) >= 11 is 0. The van der Waals surface area contributed by atoms with Crippen molar-refractivity contribution < 1.29 is 0 Å². The van der Waals surface area contributed by atoms with E-state index in [4.69, 9.17) is 0 Å². The monoisotopic (exact) mass is 270 g/mol. The Morgan fingerprint density at radius 3 is 2.65 bits per heavy atom. The van der Waals surface area contributed by atoms with Gasteiger partial charge in [-0.05, 0) is 22.6 Å². The van der Waals surface area contributed by atoms with E-state index in [1.54, 1.807) is 11.0 Å². The van der Waals surface area contributed by atoms with Crippen molar-refractivity contribution in [2.45, 2.75) is 6.54 Å². The Bertz CT molecular complexity index is 686. The highest BCUT2D eigenvalue weighted by molar-refractivity contribution is 5.39. The molecule has 0 fully saturated rings. The van der Waals surface area contributed by atoms with Crippen LogP contribution in [0.1, 0.15) is 5.82 Å². The van der Waals surface area contributed by atoms with E-state index in [-0.39, 0.29) is 0 Å². The number of hydrogen-bond acceptors (Lipinski definition) is 6. The smallest absolute Gasteiger partial charge is 0.250 e. The second-order valence-corrected chi connectivity index (χ2v) is 4.44. The number of tetrazole rings is 1. The summed E-state index contributed by atoms with van der Waals surface area (Å²) in [5, 5.41) is 19.8. The molecule has 0 aliphatic carbocycles. The Kier molecular flexibility index (Phi) is 3.12. The van der Waals surface area contributed by atoms with E-state index in [1.165, 1.54) is 0 Å². The summed E-state index contributed by atoms with van der Waals surface area (Å²) in [6, 6.07) is 9.76. The van der Waals surface area contributed by atoms with Gasteiger partial charge in [-0.15, -0.1) is 10.2 Å². The fourth-order valence-electron chi connectivity index (χ4n) is 1.89. The Hall–Kier alpha value is -2.77. The number of benzene rings is 1. The van der Waals surface area contributed by atoms with E-state index >= 15 is 0 Å². The lowest BCUT2D eigenvalue weighted by atomic mass is 10.3. The molecule has 0 radical (unpaired) electrons. The molecule has 0 saturated heterocycles. The van der Waals surface area contributed by atoms with Crippen molar-refractivity contribution in [2.24, 2.45) is 7.05 Å². The van der Waals surface area contributed by atoms with Gasteiger partial charge in [0, 0.05) is 14.1 Å². The van der Waals surface area contributed by atoms with Crippen molar-refractivity contribution in [1.29, 1.82) is 0 Å². The van der Waals surface area contributed by atoms with Crippen LogP contribution in [-0.4, -0.2) is 42.0 Å². The zero-order valence-corrected chi connectivity index (χ0v) is 11.2. The van der Waals surface area contributed by atoms with Crippen LogP contribution in [0.4, 0.5) is 5.95 Å². The third kappa shape index (κ3) is 2.22. The molecule has 20 heavy (non-hydrogen) atoms. The molecule has 0 unspecified atom stereocenters.